The van der Waals surface area contributed by atoms with Crippen molar-refractivity contribution in [2.45, 2.75) is 26.1 Å². The zero-order valence-electron chi connectivity index (χ0n) is 9.97. The number of aliphatic carboxylic acids is 1. The largest absolute Gasteiger partial charge is 0.479 e. The van der Waals surface area contributed by atoms with E-state index in [-0.39, 0.29) is 23.3 Å². The number of ether oxygens (including phenoxy) is 1. The molecule has 0 aliphatic rings. The lowest BCUT2D eigenvalue weighted by Gasteiger charge is -2.13. The van der Waals surface area contributed by atoms with Crippen molar-refractivity contribution in [2.75, 3.05) is 0 Å². The predicted octanol–water partition coefficient (Wildman–Crippen LogP) is 2.00. The average molecular weight is 274 g/mol. The van der Waals surface area contributed by atoms with Crippen LogP contribution in [0.3, 0.4) is 0 Å². The number of carboxylic acids is 1. The molecule has 1 atom stereocenters. The van der Waals surface area contributed by atoms with Crippen LogP contribution in [0.15, 0.2) is 18.2 Å². The smallest absolute Gasteiger partial charge is 0.387 e. The van der Waals surface area contributed by atoms with Crippen LogP contribution in [-0.4, -0.2) is 28.6 Å². The average Bonchev–Trinajstić information content (AvgIpc) is 2.36. The Morgan fingerprint density at radius 3 is 2.47 bits per heavy atom. The van der Waals surface area contributed by atoms with E-state index in [9.17, 15) is 23.5 Å². The maximum atomic E-state index is 12.1. The minimum atomic E-state index is -3.06. The minimum absolute atomic E-state index is 0.0392. The van der Waals surface area contributed by atoms with Crippen molar-refractivity contribution in [3.63, 3.8) is 0 Å². The van der Waals surface area contributed by atoms with Crippen LogP contribution in [0.1, 0.15) is 35.4 Å². The molecular weight excluding hydrogens is 262 g/mol. The predicted molar refractivity (Wildman–Crippen MR) is 60.3 cm³/mol. The molecule has 0 saturated heterocycles. The Hall–Kier alpha value is -2.02. The first kappa shape index (κ1) is 15.0. The lowest BCUT2D eigenvalue weighted by molar-refractivity contribution is -0.147. The van der Waals surface area contributed by atoms with E-state index in [0.717, 1.165) is 18.2 Å². The fraction of sp³-hybridized carbons (Fsp3) is 0.333. The van der Waals surface area contributed by atoms with E-state index < -0.39 is 24.5 Å². The van der Waals surface area contributed by atoms with Crippen LogP contribution >= 0.6 is 0 Å². The lowest BCUT2D eigenvalue weighted by atomic mass is 9.97. The molecule has 0 aliphatic heterocycles. The second kappa shape index (κ2) is 6.24. The van der Waals surface area contributed by atoms with Gasteiger partial charge in [-0.2, -0.15) is 8.78 Å². The summed E-state index contributed by atoms with van der Waals surface area (Å²) in [5.41, 5.74) is -0.295. The second-order valence-electron chi connectivity index (χ2n) is 3.65. The van der Waals surface area contributed by atoms with Gasteiger partial charge in [-0.3, -0.25) is 4.79 Å². The molecule has 0 aromatic heterocycles. The number of carbonyl (C=O) groups is 2. The molecule has 104 valence electrons. The van der Waals surface area contributed by atoms with Crippen molar-refractivity contribution >= 4 is 11.8 Å². The van der Waals surface area contributed by atoms with Gasteiger partial charge in [-0.25, -0.2) is 4.79 Å². The summed E-state index contributed by atoms with van der Waals surface area (Å²) in [6.45, 7) is -1.53. The van der Waals surface area contributed by atoms with E-state index in [1.165, 1.54) is 6.92 Å². The van der Waals surface area contributed by atoms with Crippen molar-refractivity contribution in [1.29, 1.82) is 0 Å². The van der Waals surface area contributed by atoms with Gasteiger partial charge in [-0.1, -0.05) is 13.0 Å². The number of Topliss-reactive ketones (excluding diaryl/α,β-unsaturated/α-hetero) is 1. The number of aliphatic hydroxyl groups excluding tert-OH is 1. The molecule has 19 heavy (non-hydrogen) atoms. The van der Waals surface area contributed by atoms with Crippen LogP contribution in [0, 0.1) is 0 Å². The Morgan fingerprint density at radius 2 is 2.00 bits per heavy atom. The number of aliphatic hydroxyl groups is 1. The first-order valence-corrected chi connectivity index (χ1v) is 5.39. The highest BCUT2D eigenvalue weighted by atomic mass is 19.3. The number of hydrogen-bond acceptors (Lipinski definition) is 4. The molecule has 0 heterocycles. The first-order chi connectivity index (χ1) is 8.86. The van der Waals surface area contributed by atoms with Crippen molar-refractivity contribution in [3.8, 4) is 5.75 Å². The summed E-state index contributed by atoms with van der Waals surface area (Å²) in [7, 11) is 0. The van der Waals surface area contributed by atoms with Crippen LogP contribution in [0.5, 0.6) is 5.75 Å². The monoisotopic (exact) mass is 274 g/mol. The van der Waals surface area contributed by atoms with Crippen molar-refractivity contribution < 1.29 is 33.3 Å². The quantitative estimate of drug-likeness (QED) is 0.775. The molecule has 7 heteroatoms. The molecule has 5 nitrogen and oxygen atoms in total. The molecule has 2 N–H and O–H groups in total. The lowest BCUT2D eigenvalue weighted by Crippen LogP contribution is -2.15. The summed E-state index contributed by atoms with van der Waals surface area (Å²) in [6.07, 6.45) is -1.86. The molecule has 1 unspecified atom stereocenters. The number of carbonyl (C=O) groups excluding carboxylic acids is 1. The fourth-order valence-corrected chi connectivity index (χ4v) is 1.51. The van der Waals surface area contributed by atoms with Crippen LogP contribution in [0.2, 0.25) is 0 Å². The highest BCUT2D eigenvalue weighted by molar-refractivity contribution is 5.99. The van der Waals surface area contributed by atoms with Gasteiger partial charge in [0.25, 0.3) is 0 Å². The van der Waals surface area contributed by atoms with Gasteiger partial charge in [0.05, 0.1) is 0 Å². The number of rotatable bonds is 6. The van der Waals surface area contributed by atoms with Crippen molar-refractivity contribution in [1.82, 2.24) is 0 Å². The van der Waals surface area contributed by atoms with E-state index >= 15 is 0 Å². The van der Waals surface area contributed by atoms with E-state index in [1.807, 2.05) is 0 Å². The van der Waals surface area contributed by atoms with Crippen LogP contribution in [0.25, 0.3) is 0 Å². The Kier molecular flexibility index (Phi) is 4.94. The summed E-state index contributed by atoms with van der Waals surface area (Å²) in [5.74, 6) is -2.28. The van der Waals surface area contributed by atoms with Gasteiger partial charge >= 0.3 is 12.6 Å². The van der Waals surface area contributed by atoms with E-state index in [4.69, 9.17) is 5.11 Å². The third-order valence-electron chi connectivity index (χ3n) is 2.40. The van der Waals surface area contributed by atoms with Gasteiger partial charge in [-0.05, 0) is 12.1 Å². The Labute approximate surface area is 107 Å². The highest BCUT2D eigenvalue weighted by Gasteiger charge is 2.23. The fourth-order valence-electron chi connectivity index (χ4n) is 1.51. The molecule has 0 spiro atoms. The number of carboxylic acid groups (broad SMARTS) is 1. The van der Waals surface area contributed by atoms with Gasteiger partial charge in [-0.15, -0.1) is 0 Å². The molecule has 0 amide bonds. The number of alkyl halides is 2. The minimum Gasteiger partial charge on any atom is -0.479 e. The third-order valence-corrected chi connectivity index (χ3v) is 2.40. The van der Waals surface area contributed by atoms with Gasteiger partial charge in [0, 0.05) is 17.5 Å². The van der Waals surface area contributed by atoms with E-state index in [0.29, 0.717) is 0 Å². The zero-order valence-corrected chi connectivity index (χ0v) is 9.97. The number of hydrogen-bond donors (Lipinski definition) is 2. The molecule has 0 aliphatic carbocycles. The maximum absolute atomic E-state index is 12.1. The topological polar surface area (TPSA) is 83.8 Å². The third kappa shape index (κ3) is 3.72. The van der Waals surface area contributed by atoms with Gasteiger partial charge < -0.3 is 14.9 Å². The van der Waals surface area contributed by atoms with Crippen molar-refractivity contribution in [2.24, 2.45) is 0 Å². The van der Waals surface area contributed by atoms with Crippen LogP contribution in [0.4, 0.5) is 8.78 Å². The van der Waals surface area contributed by atoms with E-state index in [1.54, 1.807) is 0 Å². The molecule has 0 bridgehead atoms. The number of ketones is 1. The second-order valence-corrected chi connectivity index (χ2v) is 3.65. The van der Waals surface area contributed by atoms with Gasteiger partial charge in [0.2, 0.25) is 0 Å². The number of benzene rings is 1. The molecule has 0 radical (unpaired) electrons. The van der Waals surface area contributed by atoms with Gasteiger partial charge in [0.1, 0.15) is 5.75 Å². The Balaban J connectivity index is 3.24. The molecule has 1 aromatic rings. The molecular formula is C12H12F2O5. The Bertz CT molecular complexity index is 487. The highest BCUT2D eigenvalue weighted by Crippen LogP contribution is 2.25. The maximum Gasteiger partial charge on any atom is 0.387 e. The van der Waals surface area contributed by atoms with Crippen LogP contribution in [-0.2, 0) is 4.79 Å². The molecule has 0 fully saturated rings. The molecule has 1 rings (SSSR count). The van der Waals surface area contributed by atoms with Crippen molar-refractivity contribution in [3.05, 3.63) is 29.3 Å². The normalized spacial score (nSPS) is 12.3. The SMILES string of the molecule is CCC(=O)c1cc(OC(F)F)ccc1C(O)C(=O)O. The summed E-state index contributed by atoms with van der Waals surface area (Å²) in [4.78, 5) is 22.4. The van der Waals surface area contributed by atoms with Gasteiger partial charge in [0.15, 0.2) is 11.9 Å². The number of halogens is 2. The summed E-state index contributed by atoms with van der Waals surface area (Å²) >= 11 is 0. The standard InChI is InChI=1S/C12H12F2O5/c1-2-9(15)8-5-6(19-12(13)14)3-4-7(8)10(16)11(17)18/h3-5,10,12,16H,2H2,1H3,(H,17,18). The van der Waals surface area contributed by atoms with Crippen LogP contribution < -0.4 is 4.74 Å². The molecule has 1 aromatic carbocycles. The summed E-state index contributed by atoms with van der Waals surface area (Å²) in [5, 5.41) is 18.2. The first-order valence-electron chi connectivity index (χ1n) is 5.39. The van der Waals surface area contributed by atoms with E-state index in [2.05, 4.69) is 4.74 Å². The summed E-state index contributed by atoms with van der Waals surface area (Å²) in [6, 6.07) is 3.15. The summed E-state index contributed by atoms with van der Waals surface area (Å²) < 4.78 is 28.3. The zero-order chi connectivity index (χ0) is 14.6. The molecule has 0 saturated carbocycles. The Morgan fingerprint density at radius 1 is 1.37 bits per heavy atom.